The number of para-hydroxylation sites is 2. The van der Waals surface area contributed by atoms with Crippen molar-refractivity contribution < 1.29 is 9.53 Å². The van der Waals surface area contributed by atoms with Gasteiger partial charge in [-0.15, -0.1) is 0 Å². The molecule has 1 aromatic carbocycles. The molecule has 9 heteroatoms. The molecule has 4 rings (SSSR count). The molecule has 2 aliphatic rings. The van der Waals surface area contributed by atoms with Crippen molar-refractivity contribution in [2.24, 2.45) is 0 Å². The monoisotopic (exact) mass is 447 g/mol. The Morgan fingerprint density at radius 1 is 1.24 bits per heavy atom. The Morgan fingerprint density at radius 2 is 2.03 bits per heavy atom. The smallest absolute Gasteiger partial charge is 0.223 e. The van der Waals surface area contributed by atoms with Crippen molar-refractivity contribution in [1.29, 1.82) is 5.26 Å². The van der Waals surface area contributed by atoms with E-state index in [4.69, 9.17) is 4.74 Å². The number of piperazine rings is 1. The van der Waals surface area contributed by atoms with Crippen LogP contribution in [0.3, 0.4) is 0 Å². The Labute approximate surface area is 194 Å². The molecule has 2 N–H and O–H groups in total. The highest BCUT2D eigenvalue weighted by Crippen LogP contribution is 2.35. The third-order valence-electron chi connectivity index (χ3n) is 5.85. The van der Waals surface area contributed by atoms with Gasteiger partial charge < -0.3 is 20.3 Å². The SMILES string of the molecule is CC(C)N1CCN(C(=O)CCCNc2nccc(/C(C#N)=C3/Nc4ccccc4O3)n2)CC1. The third kappa shape index (κ3) is 5.41. The van der Waals surface area contributed by atoms with Gasteiger partial charge in [-0.2, -0.15) is 5.26 Å². The van der Waals surface area contributed by atoms with Crippen LogP contribution in [0.4, 0.5) is 11.6 Å². The van der Waals surface area contributed by atoms with Gasteiger partial charge in [-0.1, -0.05) is 12.1 Å². The summed E-state index contributed by atoms with van der Waals surface area (Å²) in [4.78, 5) is 25.5. The number of fused-ring (bicyclic) bond motifs is 1. The highest BCUT2D eigenvalue weighted by atomic mass is 16.5. The number of allylic oxidation sites excluding steroid dienone is 1. The Hall–Kier alpha value is -3.64. The average Bonchev–Trinajstić information content (AvgIpc) is 3.26. The quantitative estimate of drug-likeness (QED) is 0.493. The number of hydrogen-bond donors (Lipinski definition) is 2. The number of nitrogens with zero attached hydrogens (tertiary/aromatic N) is 5. The molecule has 0 atom stereocenters. The second kappa shape index (κ2) is 10.3. The zero-order chi connectivity index (χ0) is 23.2. The maximum absolute atomic E-state index is 12.5. The van der Waals surface area contributed by atoms with E-state index in [1.165, 1.54) is 0 Å². The van der Waals surface area contributed by atoms with Crippen molar-refractivity contribution in [2.75, 3.05) is 43.4 Å². The number of benzene rings is 1. The number of carbonyl (C=O) groups is 1. The molecule has 33 heavy (non-hydrogen) atoms. The number of ether oxygens (including phenoxy) is 1. The lowest BCUT2D eigenvalue weighted by atomic mass is 10.2. The number of aromatic nitrogens is 2. The highest BCUT2D eigenvalue weighted by Gasteiger charge is 2.23. The van der Waals surface area contributed by atoms with E-state index in [0.717, 1.165) is 31.9 Å². The van der Waals surface area contributed by atoms with Gasteiger partial charge in [-0.05, 0) is 38.5 Å². The summed E-state index contributed by atoms with van der Waals surface area (Å²) in [7, 11) is 0. The van der Waals surface area contributed by atoms with E-state index in [-0.39, 0.29) is 5.91 Å². The van der Waals surface area contributed by atoms with Crippen LogP contribution >= 0.6 is 0 Å². The maximum Gasteiger partial charge on any atom is 0.223 e. The number of hydrogen-bond acceptors (Lipinski definition) is 8. The molecule has 0 radical (unpaired) electrons. The molecule has 0 bridgehead atoms. The van der Waals surface area contributed by atoms with Crippen LogP contribution in [0.5, 0.6) is 5.75 Å². The van der Waals surface area contributed by atoms with Crippen LogP contribution in [-0.2, 0) is 4.79 Å². The lowest BCUT2D eigenvalue weighted by molar-refractivity contribution is -0.133. The van der Waals surface area contributed by atoms with Gasteiger partial charge >= 0.3 is 0 Å². The van der Waals surface area contributed by atoms with E-state index in [9.17, 15) is 10.1 Å². The van der Waals surface area contributed by atoms with Crippen molar-refractivity contribution in [1.82, 2.24) is 19.8 Å². The molecule has 172 valence electrons. The first-order valence-corrected chi connectivity index (χ1v) is 11.3. The summed E-state index contributed by atoms with van der Waals surface area (Å²) in [6.07, 6.45) is 2.77. The number of carbonyl (C=O) groups excluding carboxylic acids is 1. The molecule has 0 saturated carbocycles. The molecule has 1 fully saturated rings. The van der Waals surface area contributed by atoms with Crippen LogP contribution < -0.4 is 15.4 Å². The van der Waals surface area contributed by atoms with E-state index < -0.39 is 0 Å². The third-order valence-corrected chi connectivity index (χ3v) is 5.85. The van der Waals surface area contributed by atoms with E-state index >= 15 is 0 Å². The minimum absolute atomic E-state index is 0.190. The Kier molecular flexibility index (Phi) is 7.05. The van der Waals surface area contributed by atoms with Crippen LogP contribution in [0.2, 0.25) is 0 Å². The van der Waals surface area contributed by atoms with Crippen molar-refractivity contribution in [3.8, 4) is 11.8 Å². The fraction of sp³-hybridized carbons (Fsp3) is 0.417. The molecule has 1 saturated heterocycles. The van der Waals surface area contributed by atoms with E-state index in [2.05, 4.69) is 45.4 Å². The molecule has 2 aromatic rings. The van der Waals surface area contributed by atoms with E-state index in [1.807, 2.05) is 29.2 Å². The summed E-state index contributed by atoms with van der Waals surface area (Å²) < 4.78 is 5.78. The van der Waals surface area contributed by atoms with Crippen LogP contribution in [0, 0.1) is 11.3 Å². The van der Waals surface area contributed by atoms with Gasteiger partial charge in [0.25, 0.3) is 0 Å². The lowest BCUT2D eigenvalue weighted by Gasteiger charge is -2.37. The predicted molar refractivity (Wildman–Crippen MR) is 126 cm³/mol. The van der Waals surface area contributed by atoms with E-state index in [1.54, 1.807) is 12.3 Å². The zero-order valence-electron chi connectivity index (χ0n) is 19.0. The zero-order valence-corrected chi connectivity index (χ0v) is 19.0. The molecule has 0 unspecified atom stereocenters. The van der Waals surface area contributed by atoms with Crippen molar-refractivity contribution >= 4 is 23.1 Å². The van der Waals surface area contributed by atoms with Crippen molar-refractivity contribution in [3.05, 3.63) is 48.1 Å². The van der Waals surface area contributed by atoms with E-state index in [0.29, 0.717) is 54.3 Å². The molecule has 9 nitrogen and oxygen atoms in total. The van der Waals surface area contributed by atoms with Gasteiger partial charge in [0.1, 0.15) is 11.6 Å². The summed E-state index contributed by atoms with van der Waals surface area (Å²) in [5.74, 6) is 1.62. The minimum atomic E-state index is 0.190. The largest absolute Gasteiger partial charge is 0.437 e. The number of nitrogens with one attached hydrogen (secondary N) is 2. The van der Waals surface area contributed by atoms with Crippen molar-refractivity contribution in [2.45, 2.75) is 32.7 Å². The standard InChI is InChI=1S/C24H29N7O2/c1-17(2)30-12-14-31(15-13-30)22(32)8-5-10-26-24-27-11-9-19(29-24)18(16-25)23-28-20-6-3-4-7-21(20)33-23/h3-4,6-7,9,11,17,28H,5,8,10,12-15H2,1-2H3,(H,26,27,29)/b23-18-. The molecule has 2 aliphatic heterocycles. The summed E-state index contributed by atoms with van der Waals surface area (Å²) in [6.45, 7) is 8.40. The Morgan fingerprint density at radius 3 is 2.76 bits per heavy atom. The lowest BCUT2D eigenvalue weighted by Crippen LogP contribution is -2.50. The first kappa shape index (κ1) is 22.6. The fourth-order valence-corrected chi connectivity index (χ4v) is 3.92. The predicted octanol–water partition coefficient (Wildman–Crippen LogP) is 2.92. The summed E-state index contributed by atoms with van der Waals surface area (Å²) in [5.41, 5.74) is 1.57. The number of rotatable bonds is 7. The number of anilines is 2. The second-order valence-corrected chi connectivity index (χ2v) is 8.35. The molecule has 0 spiro atoms. The van der Waals surface area contributed by atoms with Gasteiger partial charge in [0, 0.05) is 51.4 Å². The normalized spacial score (nSPS) is 17.1. The molecule has 1 aromatic heterocycles. The Balaban J connectivity index is 1.29. The van der Waals surface area contributed by atoms with Gasteiger partial charge in [-0.25, -0.2) is 9.97 Å². The maximum atomic E-state index is 12.5. The van der Waals surface area contributed by atoms with Crippen LogP contribution in [0.25, 0.3) is 5.57 Å². The molecule has 0 aliphatic carbocycles. The molecular formula is C24H29N7O2. The molecule has 1 amide bonds. The number of amides is 1. The van der Waals surface area contributed by atoms with Crippen LogP contribution in [0.1, 0.15) is 32.4 Å². The summed E-state index contributed by atoms with van der Waals surface area (Å²) in [5, 5.41) is 16.0. The topological polar surface area (TPSA) is 106 Å². The van der Waals surface area contributed by atoms with Gasteiger partial charge in [-0.3, -0.25) is 9.69 Å². The summed E-state index contributed by atoms with van der Waals surface area (Å²) in [6, 6.07) is 11.9. The number of nitriles is 1. The Bertz CT molecular complexity index is 1040. The fourth-order valence-electron chi connectivity index (χ4n) is 3.92. The van der Waals surface area contributed by atoms with Crippen LogP contribution in [0.15, 0.2) is 42.4 Å². The van der Waals surface area contributed by atoms with Gasteiger partial charge in [0.2, 0.25) is 17.7 Å². The first-order chi connectivity index (χ1) is 16.0. The minimum Gasteiger partial charge on any atom is -0.437 e. The summed E-state index contributed by atoms with van der Waals surface area (Å²) >= 11 is 0. The average molecular weight is 448 g/mol. The molecule has 3 heterocycles. The second-order valence-electron chi connectivity index (χ2n) is 8.35. The van der Waals surface area contributed by atoms with Crippen molar-refractivity contribution in [3.63, 3.8) is 0 Å². The van der Waals surface area contributed by atoms with Gasteiger partial charge in [0.15, 0.2) is 5.75 Å². The van der Waals surface area contributed by atoms with Gasteiger partial charge in [0.05, 0.1) is 11.4 Å². The molecular weight excluding hydrogens is 418 g/mol. The van der Waals surface area contributed by atoms with Crippen LogP contribution in [-0.4, -0.2) is 64.4 Å². The highest BCUT2D eigenvalue weighted by molar-refractivity contribution is 5.81. The first-order valence-electron chi connectivity index (χ1n) is 11.3.